The summed E-state index contributed by atoms with van der Waals surface area (Å²) in [7, 11) is 1.40. The monoisotopic (exact) mass is 570 g/mol. The molecular weight excluding hydrogens is 552 g/mol. The van der Waals surface area contributed by atoms with Crippen LogP contribution in [-0.2, 0) is 10.4 Å². The largest absolute Gasteiger partial charge is 0.482 e. The highest BCUT2D eigenvalue weighted by Crippen LogP contribution is 2.51. The van der Waals surface area contributed by atoms with E-state index < -0.39 is 35.1 Å². The Labute approximate surface area is 224 Å². The van der Waals surface area contributed by atoms with E-state index in [0.717, 1.165) is 17.0 Å². The molecule has 0 aliphatic carbocycles. The van der Waals surface area contributed by atoms with E-state index in [1.807, 2.05) is 0 Å². The number of likely N-dealkylation sites (N-methyl/N-ethyl adjacent to an activating group) is 1. The number of carbonyl (C=O) groups excluding carboxylic acids is 1. The number of pyridine rings is 1. The van der Waals surface area contributed by atoms with E-state index in [2.05, 4.69) is 4.98 Å². The summed E-state index contributed by atoms with van der Waals surface area (Å²) in [6.45, 7) is 0.921. The number of benzene rings is 2. The number of carboxylic acids is 1. The Kier molecular flexibility index (Phi) is 7.21. The number of aromatic carboxylic acids is 1. The van der Waals surface area contributed by atoms with Gasteiger partial charge in [-0.3, -0.25) is 4.79 Å². The van der Waals surface area contributed by atoms with Crippen LogP contribution in [0.15, 0.2) is 48.5 Å². The zero-order valence-corrected chi connectivity index (χ0v) is 21.2. The molecule has 2 atom stereocenters. The van der Waals surface area contributed by atoms with Gasteiger partial charge in [0.15, 0.2) is 12.2 Å². The maximum atomic E-state index is 14.5. The van der Waals surface area contributed by atoms with Crippen LogP contribution in [0.4, 0.5) is 18.9 Å². The number of hydrogen-bond donors (Lipinski definition) is 2. The molecule has 4 rings (SSSR count). The number of halogens is 5. The molecule has 0 bridgehead atoms. The number of aliphatic hydroxyl groups is 1. The first kappa shape index (κ1) is 27.5. The molecular formula is C25H19Cl2F3N2O6. The normalized spacial score (nSPS) is 15.8. The van der Waals surface area contributed by atoms with E-state index in [9.17, 15) is 27.9 Å². The molecule has 0 unspecified atom stereocenters. The fourth-order valence-electron chi connectivity index (χ4n) is 4.07. The van der Waals surface area contributed by atoms with Crippen LogP contribution in [0.2, 0.25) is 10.2 Å². The Hall–Kier alpha value is -3.54. The lowest BCUT2D eigenvalue weighted by atomic mass is 9.77. The molecule has 1 aliphatic rings. The Morgan fingerprint density at radius 1 is 1.16 bits per heavy atom. The second-order valence-corrected chi connectivity index (χ2v) is 9.25. The van der Waals surface area contributed by atoms with Crippen LogP contribution in [0.3, 0.4) is 0 Å². The summed E-state index contributed by atoms with van der Waals surface area (Å²) in [6.07, 6.45) is -5.14. The number of ether oxygens (including phenoxy) is 2. The molecule has 200 valence electrons. The van der Waals surface area contributed by atoms with Crippen molar-refractivity contribution in [1.82, 2.24) is 4.98 Å². The standard InChI is InChI=1S/C25H19Cl2F3N2O6/c1-12(15-5-4-14(10-17(15)26)38-20-8-6-16(23(34)35)22(27)31-20)24(36,25(28,29)30)13-3-7-19-18(9-13)32(2)21(33)11-37-19/h3-10,12,36H,11H2,1-2H3,(H,34,35)/t12-,24-/m1/s1. The van der Waals surface area contributed by atoms with E-state index in [-0.39, 0.29) is 51.0 Å². The molecule has 2 heterocycles. The van der Waals surface area contributed by atoms with Gasteiger partial charge in [0.1, 0.15) is 16.7 Å². The van der Waals surface area contributed by atoms with Gasteiger partial charge in [-0.2, -0.15) is 13.2 Å². The average Bonchev–Trinajstić information content (AvgIpc) is 2.84. The Morgan fingerprint density at radius 3 is 2.47 bits per heavy atom. The number of alkyl halides is 3. The fraction of sp³-hybridized carbons (Fsp3) is 0.240. The molecule has 0 radical (unpaired) electrons. The Morgan fingerprint density at radius 2 is 1.87 bits per heavy atom. The van der Waals surface area contributed by atoms with Crippen molar-refractivity contribution in [3.05, 3.63) is 75.4 Å². The van der Waals surface area contributed by atoms with Crippen LogP contribution in [0.25, 0.3) is 0 Å². The van der Waals surface area contributed by atoms with Gasteiger partial charge in [-0.05, 0) is 41.5 Å². The smallest absolute Gasteiger partial charge is 0.422 e. The topological polar surface area (TPSA) is 109 Å². The number of nitrogens with zero attached hydrogens (tertiary/aromatic N) is 2. The molecule has 0 fully saturated rings. The van der Waals surface area contributed by atoms with E-state index in [0.29, 0.717) is 0 Å². The number of hydrogen-bond acceptors (Lipinski definition) is 6. The number of carbonyl (C=O) groups is 2. The zero-order chi connectivity index (χ0) is 28.0. The number of anilines is 1. The highest BCUT2D eigenvalue weighted by molar-refractivity contribution is 6.32. The Bertz CT molecular complexity index is 1430. The third-order valence-corrected chi connectivity index (χ3v) is 6.87. The number of carboxylic acid groups (broad SMARTS) is 1. The average molecular weight is 571 g/mol. The fourth-order valence-corrected chi connectivity index (χ4v) is 4.63. The summed E-state index contributed by atoms with van der Waals surface area (Å²) in [5.41, 5.74) is -4.09. The SMILES string of the molecule is C[C@H](c1ccc(Oc2ccc(C(=O)O)c(Cl)n2)cc1Cl)[C@@](O)(c1ccc2c(c1)N(C)C(=O)CO2)C(F)(F)F. The van der Waals surface area contributed by atoms with E-state index in [4.69, 9.17) is 37.8 Å². The van der Waals surface area contributed by atoms with Crippen LogP contribution in [0.5, 0.6) is 17.4 Å². The van der Waals surface area contributed by atoms with Crippen LogP contribution in [0.1, 0.15) is 34.3 Å². The van der Waals surface area contributed by atoms with Crippen molar-refractivity contribution in [2.45, 2.75) is 24.6 Å². The molecule has 2 aromatic carbocycles. The van der Waals surface area contributed by atoms with Crippen molar-refractivity contribution in [2.24, 2.45) is 0 Å². The van der Waals surface area contributed by atoms with Gasteiger partial charge in [-0.25, -0.2) is 9.78 Å². The number of aromatic nitrogens is 1. The lowest BCUT2D eigenvalue weighted by Gasteiger charge is -2.38. The van der Waals surface area contributed by atoms with Crippen molar-refractivity contribution in [2.75, 3.05) is 18.6 Å². The van der Waals surface area contributed by atoms with Crippen LogP contribution >= 0.6 is 23.2 Å². The molecule has 0 saturated carbocycles. The molecule has 1 aliphatic heterocycles. The van der Waals surface area contributed by atoms with Crippen molar-refractivity contribution < 1.29 is 42.4 Å². The minimum atomic E-state index is -5.14. The molecule has 38 heavy (non-hydrogen) atoms. The summed E-state index contributed by atoms with van der Waals surface area (Å²) < 4.78 is 54.2. The second-order valence-electron chi connectivity index (χ2n) is 8.49. The molecule has 0 saturated heterocycles. The highest BCUT2D eigenvalue weighted by atomic mass is 35.5. The van der Waals surface area contributed by atoms with Gasteiger partial charge < -0.3 is 24.6 Å². The van der Waals surface area contributed by atoms with Crippen LogP contribution in [-0.4, -0.2) is 46.9 Å². The maximum Gasteiger partial charge on any atom is 0.422 e. The second kappa shape index (κ2) is 9.97. The third-order valence-electron chi connectivity index (χ3n) is 6.26. The predicted molar refractivity (Wildman–Crippen MR) is 131 cm³/mol. The van der Waals surface area contributed by atoms with Crippen LogP contribution < -0.4 is 14.4 Å². The van der Waals surface area contributed by atoms with Gasteiger partial charge in [0.05, 0.1) is 11.3 Å². The van der Waals surface area contributed by atoms with Crippen LogP contribution in [0, 0.1) is 0 Å². The first-order chi connectivity index (χ1) is 17.7. The quantitative estimate of drug-likeness (QED) is 0.361. The van der Waals surface area contributed by atoms with Crippen molar-refractivity contribution in [3.8, 4) is 17.4 Å². The van der Waals surface area contributed by atoms with Crippen molar-refractivity contribution in [3.63, 3.8) is 0 Å². The predicted octanol–water partition coefficient (Wildman–Crippen LogP) is 5.79. The molecule has 1 amide bonds. The van der Waals surface area contributed by atoms with Gasteiger partial charge in [0.25, 0.3) is 5.91 Å². The van der Waals surface area contributed by atoms with Gasteiger partial charge in [0, 0.05) is 24.1 Å². The molecule has 1 aromatic heterocycles. The third kappa shape index (κ3) is 4.84. The lowest BCUT2D eigenvalue weighted by molar-refractivity contribution is -0.274. The summed E-state index contributed by atoms with van der Waals surface area (Å²) in [5.74, 6) is -3.12. The first-order valence-corrected chi connectivity index (χ1v) is 11.7. The number of amides is 1. The zero-order valence-electron chi connectivity index (χ0n) is 19.7. The Balaban J connectivity index is 1.69. The summed E-state index contributed by atoms with van der Waals surface area (Å²) in [5, 5.41) is 19.8. The van der Waals surface area contributed by atoms with E-state index in [1.54, 1.807) is 0 Å². The van der Waals surface area contributed by atoms with Crippen molar-refractivity contribution >= 4 is 40.8 Å². The summed E-state index contributed by atoms with van der Waals surface area (Å²) >= 11 is 12.2. The summed E-state index contributed by atoms with van der Waals surface area (Å²) in [4.78, 5) is 28.1. The highest BCUT2D eigenvalue weighted by Gasteiger charge is 2.59. The van der Waals surface area contributed by atoms with E-state index in [1.165, 1.54) is 50.4 Å². The molecule has 2 N–H and O–H groups in total. The summed E-state index contributed by atoms with van der Waals surface area (Å²) in [6, 6.07) is 9.69. The minimum Gasteiger partial charge on any atom is -0.482 e. The molecule has 3 aromatic rings. The minimum absolute atomic E-state index is 0.0375. The van der Waals surface area contributed by atoms with Crippen molar-refractivity contribution in [1.29, 1.82) is 0 Å². The number of rotatable bonds is 6. The molecule has 8 nitrogen and oxygen atoms in total. The first-order valence-electron chi connectivity index (χ1n) is 10.9. The van der Waals surface area contributed by atoms with Gasteiger partial charge >= 0.3 is 12.1 Å². The maximum absolute atomic E-state index is 14.5. The number of fused-ring (bicyclic) bond motifs is 1. The molecule has 13 heteroatoms. The van der Waals surface area contributed by atoms with E-state index >= 15 is 0 Å². The van der Waals surface area contributed by atoms with Gasteiger partial charge in [0.2, 0.25) is 5.88 Å². The molecule has 0 spiro atoms. The van der Waals surface area contributed by atoms with Gasteiger partial charge in [-0.15, -0.1) is 0 Å². The lowest BCUT2D eigenvalue weighted by Crippen LogP contribution is -2.47. The van der Waals surface area contributed by atoms with Gasteiger partial charge in [-0.1, -0.05) is 42.3 Å².